The van der Waals surface area contributed by atoms with Crippen LogP contribution in [0.5, 0.6) is 0 Å². The number of imidazole rings is 1. The van der Waals surface area contributed by atoms with Crippen molar-refractivity contribution >= 4 is 11.3 Å². The molecule has 3 rings (SSSR count). The molecule has 0 radical (unpaired) electrons. The van der Waals surface area contributed by atoms with Crippen LogP contribution in [0.25, 0.3) is 10.7 Å². The fourth-order valence-corrected chi connectivity index (χ4v) is 2.32. The van der Waals surface area contributed by atoms with E-state index in [0.29, 0.717) is 0 Å². The lowest BCUT2D eigenvalue weighted by Gasteiger charge is -1.87. The molecule has 3 aromatic heterocycles. The minimum atomic E-state index is 0.884. The van der Waals surface area contributed by atoms with E-state index in [1.165, 1.54) is 0 Å². The van der Waals surface area contributed by atoms with Gasteiger partial charge in [0.2, 0.25) is 0 Å². The summed E-state index contributed by atoms with van der Waals surface area (Å²) >= 11 is 1.62. The van der Waals surface area contributed by atoms with Gasteiger partial charge in [-0.25, -0.2) is 4.98 Å². The first-order valence-electron chi connectivity index (χ1n) is 5.43. The predicted molar refractivity (Wildman–Crippen MR) is 72.1 cm³/mol. The summed E-state index contributed by atoms with van der Waals surface area (Å²) in [6.45, 7) is 0. The van der Waals surface area contributed by atoms with Crippen molar-refractivity contribution in [3.8, 4) is 22.5 Å². The van der Waals surface area contributed by atoms with E-state index >= 15 is 0 Å². The molecule has 0 aromatic carbocycles. The van der Waals surface area contributed by atoms with E-state index in [0.717, 1.165) is 21.1 Å². The molecule has 3 nitrogen and oxygen atoms in total. The van der Waals surface area contributed by atoms with Crippen molar-refractivity contribution in [2.75, 3.05) is 0 Å². The van der Waals surface area contributed by atoms with Gasteiger partial charge in [0.05, 0.1) is 9.75 Å². The Morgan fingerprint density at radius 2 is 2.11 bits per heavy atom. The molecular weight excluding hydrogens is 242 g/mol. The van der Waals surface area contributed by atoms with Crippen LogP contribution in [0.15, 0.2) is 49.1 Å². The zero-order chi connectivity index (χ0) is 12.2. The van der Waals surface area contributed by atoms with Gasteiger partial charge in [0, 0.05) is 30.4 Å². The summed E-state index contributed by atoms with van der Waals surface area (Å²) in [7, 11) is 0. The van der Waals surface area contributed by atoms with Crippen molar-refractivity contribution in [1.29, 1.82) is 0 Å². The number of hydrogen-bond donors (Lipinski definition) is 1. The molecule has 0 aliphatic rings. The molecule has 0 bridgehead atoms. The normalized spacial score (nSPS) is 9.78. The van der Waals surface area contributed by atoms with E-state index in [1.807, 2.05) is 30.5 Å². The van der Waals surface area contributed by atoms with Gasteiger partial charge in [-0.2, -0.15) is 0 Å². The SMILES string of the molecule is C(#Cc1ccc(-c2ncc[nH]2)s1)c1cccnc1. The maximum absolute atomic E-state index is 4.21. The van der Waals surface area contributed by atoms with Crippen LogP contribution in [0.3, 0.4) is 0 Å². The van der Waals surface area contributed by atoms with Crippen molar-refractivity contribution in [1.82, 2.24) is 15.0 Å². The molecule has 0 fully saturated rings. The lowest BCUT2D eigenvalue weighted by atomic mass is 10.3. The molecule has 3 aromatic rings. The molecule has 0 atom stereocenters. The van der Waals surface area contributed by atoms with Crippen LogP contribution >= 0.6 is 11.3 Å². The van der Waals surface area contributed by atoms with Crippen LogP contribution < -0.4 is 0 Å². The fourth-order valence-electron chi connectivity index (χ4n) is 1.50. The first-order valence-corrected chi connectivity index (χ1v) is 6.25. The fraction of sp³-hybridized carbons (Fsp3) is 0. The van der Waals surface area contributed by atoms with Gasteiger partial charge in [-0.15, -0.1) is 11.3 Å². The maximum Gasteiger partial charge on any atom is 0.147 e. The van der Waals surface area contributed by atoms with Gasteiger partial charge in [-0.1, -0.05) is 11.8 Å². The highest BCUT2D eigenvalue weighted by Gasteiger charge is 2.02. The number of aromatic amines is 1. The second kappa shape index (κ2) is 4.86. The maximum atomic E-state index is 4.21. The first-order chi connectivity index (χ1) is 8.92. The minimum absolute atomic E-state index is 0.884. The molecule has 0 saturated carbocycles. The number of thiophene rings is 1. The van der Waals surface area contributed by atoms with Crippen LogP contribution in [-0.2, 0) is 0 Å². The largest absolute Gasteiger partial charge is 0.344 e. The van der Waals surface area contributed by atoms with Crippen LogP contribution in [-0.4, -0.2) is 15.0 Å². The van der Waals surface area contributed by atoms with Crippen molar-refractivity contribution in [2.24, 2.45) is 0 Å². The van der Waals surface area contributed by atoms with E-state index < -0.39 is 0 Å². The summed E-state index contributed by atoms with van der Waals surface area (Å²) in [5, 5.41) is 0. The Hall–Kier alpha value is -2.38. The predicted octanol–water partition coefficient (Wildman–Crippen LogP) is 2.93. The molecule has 0 saturated heterocycles. The zero-order valence-electron chi connectivity index (χ0n) is 9.42. The van der Waals surface area contributed by atoms with Crippen LogP contribution in [0.4, 0.5) is 0 Å². The van der Waals surface area contributed by atoms with Crippen LogP contribution in [0.2, 0.25) is 0 Å². The van der Waals surface area contributed by atoms with Gasteiger partial charge in [0.25, 0.3) is 0 Å². The minimum Gasteiger partial charge on any atom is -0.344 e. The third-order valence-corrected chi connectivity index (χ3v) is 3.34. The summed E-state index contributed by atoms with van der Waals surface area (Å²) in [6, 6.07) is 7.86. The van der Waals surface area contributed by atoms with Gasteiger partial charge in [0.15, 0.2) is 0 Å². The van der Waals surface area contributed by atoms with E-state index in [2.05, 4.69) is 26.8 Å². The summed E-state index contributed by atoms with van der Waals surface area (Å²) in [5.74, 6) is 7.10. The highest BCUT2D eigenvalue weighted by molar-refractivity contribution is 7.15. The van der Waals surface area contributed by atoms with Gasteiger partial charge < -0.3 is 4.98 Å². The standard InChI is InChI=1S/C14H9N3S/c1-2-11(10-15-7-1)3-4-12-5-6-13(18-12)14-16-8-9-17-14/h1-2,5-10H,(H,16,17). The third-order valence-electron chi connectivity index (χ3n) is 2.33. The van der Waals surface area contributed by atoms with Crippen molar-refractivity contribution < 1.29 is 0 Å². The van der Waals surface area contributed by atoms with Gasteiger partial charge in [0.1, 0.15) is 5.82 Å². The average molecular weight is 251 g/mol. The number of pyridine rings is 1. The molecule has 0 aliphatic heterocycles. The average Bonchev–Trinajstić information content (AvgIpc) is 3.08. The smallest absolute Gasteiger partial charge is 0.147 e. The second-order valence-corrected chi connectivity index (χ2v) is 4.68. The molecule has 86 valence electrons. The summed E-state index contributed by atoms with van der Waals surface area (Å²) in [5.41, 5.74) is 0.922. The zero-order valence-corrected chi connectivity index (χ0v) is 10.2. The monoisotopic (exact) mass is 251 g/mol. The summed E-state index contributed by atoms with van der Waals surface area (Å²) < 4.78 is 0. The Labute approximate surface area is 109 Å². The van der Waals surface area contributed by atoms with Crippen molar-refractivity contribution in [3.63, 3.8) is 0 Å². The second-order valence-electron chi connectivity index (χ2n) is 3.59. The van der Waals surface area contributed by atoms with E-state index in [9.17, 15) is 0 Å². The van der Waals surface area contributed by atoms with Gasteiger partial charge in [-0.3, -0.25) is 4.98 Å². The van der Waals surface area contributed by atoms with E-state index in [1.54, 1.807) is 29.9 Å². The number of nitrogens with zero attached hydrogens (tertiary/aromatic N) is 2. The molecule has 0 unspecified atom stereocenters. The lowest BCUT2D eigenvalue weighted by molar-refractivity contribution is 1.31. The Balaban J connectivity index is 1.85. The van der Waals surface area contributed by atoms with E-state index in [-0.39, 0.29) is 0 Å². The number of aromatic nitrogens is 3. The molecule has 0 spiro atoms. The summed E-state index contributed by atoms with van der Waals surface area (Å²) in [4.78, 5) is 13.4. The molecule has 3 heterocycles. The van der Waals surface area contributed by atoms with Gasteiger partial charge in [-0.05, 0) is 24.3 Å². The highest BCUT2D eigenvalue weighted by atomic mass is 32.1. The van der Waals surface area contributed by atoms with Crippen molar-refractivity contribution in [2.45, 2.75) is 0 Å². The number of H-pyrrole nitrogens is 1. The third kappa shape index (κ3) is 2.31. The number of nitrogens with one attached hydrogen (secondary N) is 1. The molecule has 18 heavy (non-hydrogen) atoms. The quantitative estimate of drug-likeness (QED) is 0.676. The van der Waals surface area contributed by atoms with Crippen LogP contribution in [0.1, 0.15) is 10.4 Å². The van der Waals surface area contributed by atoms with E-state index in [4.69, 9.17) is 0 Å². The molecule has 1 N–H and O–H groups in total. The van der Waals surface area contributed by atoms with Gasteiger partial charge >= 0.3 is 0 Å². The number of rotatable bonds is 1. The lowest BCUT2D eigenvalue weighted by Crippen LogP contribution is -1.74. The Morgan fingerprint density at radius 1 is 1.11 bits per heavy atom. The molecule has 0 aliphatic carbocycles. The summed E-state index contributed by atoms with van der Waals surface area (Å²) in [6.07, 6.45) is 7.06. The number of hydrogen-bond acceptors (Lipinski definition) is 3. The topological polar surface area (TPSA) is 41.6 Å². The Bertz CT molecular complexity index is 687. The Morgan fingerprint density at radius 3 is 2.89 bits per heavy atom. The molecule has 4 heteroatoms. The Kier molecular flexibility index (Phi) is 2.90. The molecule has 0 amide bonds. The highest BCUT2D eigenvalue weighted by Crippen LogP contribution is 2.24. The van der Waals surface area contributed by atoms with Crippen LogP contribution in [0, 0.1) is 11.8 Å². The molecular formula is C14H9N3S. The van der Waals surface area contributed by atoms with Crippen molar-refractivity contribution in [3.05, 3.63) is 59.5 Å². The first kappa shape index (κ1) is 10.8.